The third-order valence-corrected chi connectivity index (χ3v) is 6.31. The molecule has 0 bridgehead atoms. The molecular weight excluding hydrogens is 682 g/mol. The van der Waals surface area contributed by atoms with Crippen LogP contribution in [0.3, 0.4) is 0 Å². The Hall–Kier alpha value is -2.88. The standard InChI is InChI=1S/C16H23BrN2O4.C8H5BrO4.C4H11NO/c1-15(2,8-20)18-13(22)10-5-6-12(17)11(7-10)14(23)19-16(3,4)9-21;9-7-2-1-5(13-4-10)3-6(7)8(11)12;1-4(2,5)3-6/h5-7,20-21H,8-9H2,1-4H3,(H,18,22)(H,19,23);1-4H,(H,11,12);6H,3,5H2,1-2H3. The highest BCUT2D eigenvalue weighted by atomic mass is 79.9. The van der Waals surface area contributed by atoms with E-state index < -0.39 is 28.5 Å². The maximum atomic E-state index is 12.3. The van der Waals surface area contributed by atoms with Gasteiger partial charge in [0.25, 0.3) is 18.3 Å². The van der Waals surface area contributed by atoms with Gasteiger partial charge in [-0.3, -0.25) is 14.4 Å². The molecule has 0 atom stereocenters. The van der Waals surface area contributed by atoms with Gasteiger partial charge in [-0.1, -0.05) is 0 Å². The SMILES string of the molecule is CC(C)(CO)NC(=O)c1ccc(Br)c(C(=O)NC(C)(C)CO)c1.CC(C)(N)CO.O=COc1ccc(Br)c(C(=O)O)c1. The normalized spacial score (nSPS) is 11.1. The van der Waals surface area contributed by atoms with Gasteiger partial charge in [0.05, 0.1) is 42.0 Å². The van der Waals surface area contributed by atoms with Gasteiger partial charge in [-0.25, -0.2) is 4.79 Å². The van der Waals surface area contributed by atoms with Gasteiger partial charge in [0, 0.05) is 20.0 Å². The topological polar surface area (TPSA) is 209 Å². The fraction of sp³-hybridized carbons (Fsp3) is 0.429. The number of hydrogen-bond donors (Lipinski definition) is 7. The van der Waals surface area contributed by atoms with Crippen molar-refractivity contribution in [3.63, 3.8) is 0 Å². The van der Waals surface area contributed by atoms with Crippen molar-refractivity contribution in [1.29, 1.82) is 0 Å². The molecule has 0 saturated carbocycles. The predicted molar refractivity (Wildman–Crippen MR) is 165 cm³/mol. The van der Waals surface area contributed by atoms with E-state index in [0.717, 1.165) is 0 Å². The number of aliphatic hydroxyl groups excluding tert-OH is 3. The number of aliphatic hydroxyl groups is 3. The van der Waals surface area contributed by atoms with Gasteiger partial charge in [0.2, 0.25) is 0 Å². The van der Waals surface area contributed by atoms with Crippen molar-refractivity contribution < 1.29 is 44.3 Å². The van der Waals surface area contributed by atoms with Crippen LogP contribution in [0.4, 0.5) is 0 Å². The zero-order chi connectivity index (χ0) is 32.9. The molecule has 0 fully saturated rings. The minimum atomic E-state index is -1.08. The van der Waals surface area contributed by atoms with Gasteiger partial charge in [-0.15, -0.1) is 0 Å². The van der Waals surface area contributed by atoms with E-state index in [4.69, 9.17) is 15.9 Å². The molecule has 12 nitrogen and oxygen atoms in total. The van der Waals surface area contributed by atoms with Crippen LogP contribution in [0, 0.1) is 0 Å². The Morgan fingerprint density at radius 3 is 1.69 bits per heavy atom. The zero-order valence-electron chi connectivity index (χ0n) is 24.3. The van der Waals surface area contributed by atoms with Gasteiger partial charge < -0.3 is 41.5 Å². The fourth-order valence-corrected chi connectivity index (χ4v) is 3.31. The first-order valence-electron chi connectivity index (χ1n) is 12.4. The lowest BCUT2D eigenvalue weighted by atomic mass is 10.0. The molecule has 2 aromatic rings. The number of carboxylic acids is 1. The minimum absolute atomic E-state index is 0.0486. The average Bonchev–Trinajstić information content (AvgIpc) is 2.89. The molecule has 0 unspecified atom stereocenters. The molecule has 42 heavy (non-hydrogen) atoms. The van der Waals surface area contributed by atoms with Crippen LogP contribution in [0.25, 0.3) is 0 Å². The highest BCUT2D eigenvalue weighted by Gasteiger charge is 2.24. The molecule has 0 aromatic heterocycles. The van der Waals surface area contributed by atoms with Gasteiger partial charge in [-0.2, -0.15) is 0 Å². The van der Waals surface area contributed by atoms with Crippen LogP contribution < -0.4 is 21.1 Å². The molecule has 2 amide bonds. The van der Waals surface area contributed by atoms with Crippen molar-refractivity contribution >= 4 is 56.1 Å². The van der Waals surface area contributed by atoms with Crippen molar-refractivity contribution in [2.75, 3.05) is 19.8 Å². The third kappa shape index (κ3) is 14.8. The average molecular weight is 721 g/mol. The van der Waals surface area contributed by atoms with E-state index in [0.29, 0.717) is 20.1 Å². The first-order chi connectivity index (χ1) is 19.2. The van der Waals surface area contributed by atoms with Crippen molar-refractivity contribution in [2.45, 2.75) is 58.2 Å². The monoisotopic (exact) mass is 719 g/mol. The van der Waals surface area contributed by atoms with Crippen molar-refractivity contribution in [1.82, 2.24) is 10.6 Å². The minimum Gasteiger partial charge on any atom is -0.478 e. The Labute approximate surface area is 261 Å². The number of nitrogens with two attached hydrogens (primary N) is 1. The number of amides is 2. The number of benzene rings is 2. The molecule has 0 radical (unpaired) electrons. The second-order valence-electron chi connectivity index (χ2n) is 11.0. The summed E-state index contributed by atoms with van der Waals surface area (Å²) in [6.07, 6.45) is 0. The summed E-state index contributed by atoms with van der Waals surface area (Å²) >= 11 is 6.35. The number of nitrogens with one attached hydrogen (secondary N) is 2. The van der Waals surface area contributed by atoms with Crippen LogP contribution in [0.5, 0.6) is 5.75 Å². The Bertz CT molecular complexity index is 1230. The molecule has 2 aromatic carbocycles. The third-order valence-electron chi connectivity index (χ3n) is 4.93. The summed E-state index contributed by atoms with van der Waals surface area (Å²) in [4.78, 5) is 45.1. The quantitative estimate of drug-likeness (QED) is 0.179. The number of carboxylic acid groups (broad SMARTS) is 1. The lowest BCUT2D eigenvalue weighted by Crippen LogP contribution is -2.47. The van der Waals surface area contributed by atoms with Crippen molar-refractivity contribution in [3.05, 3.63) is 62.0 Å². The van der Waals surface area contributed by atoms with E-state index >= 15 is 0 Å². The first-order valence-corrected chi connectivity index (χ1v) is 14.0. The molecule has 234 valence electrons. The predicted octanol–water partition coefficient (Wildman–Crippen LogP) is 2.85. The smallest absolute Gasteiger partial charge is 0.336 e. The summed E-state index contributed by atoms with van der Waals surface area (Å²) in [6, 6.07) is 8.92. The lowest BCUT2D eigenvalue weighted by molar-refractivity contribution is -0.120. The Morgan fingerprint density at radius 2 is 1.26 bits per heavy atom. The van der Waals surface area contributed by atoms with E-state index in [1.165, 1.54) is 24.3 Å². The van der Waals surface area contributed by atoms with Gasteiger partial charge in [-0.05, 0) is 110 Å². The highest BCUT2D eigenvalue weighted by Crippen LogP contribution is 2.22. The van der Waals surface area contributed by atoms with Crippen molar-refractivity contribution in [3.8, 4) is 5.75 Å². The van der Waals surface area contributed by atoms with Crippen LogP contribution in [-0.4, -0.2) is 81.1 Å². The van der Waals surface area contributed by atoms with Crippen molar-refractivity contribution in [2.24, 2.45) is 5.73 Å². The molecule has 2 rings (SSSR count). The first kappa shape index (κ1) is 39.1. The van der Waals surface area contributed by atoms with Crippen LogP contribution >= 0.6 is 31.9 Å². The van der Waals surface area contributed by atoms with Crippen LogP contribution in [0.1, 0.15) is 72.6 Å². The van der Waals surface area contributed by atoms with E-state index in [1.54, 1.807) is 53.7 Å². The summed E-state index contributed by atoms with van der Waals surface area (Å²) in [6.45, 7) is 10.2. The number of rotatable bonds is 10. The Balaban J connectivity index is 0.000000737. The van der Waals surface area contributed by atoms with Gasteiger partial charge in [0.15, 0.2) is 0 Å². The van der Waals surface area contributed by atoms with Crippen LogP contribution in [-0.2, 0) is 4.79 Å². The van der Waals surface area contributed by atoms with Gasteiger partial charge in [0.1, 0.15) is 5.75 Å². The fourth-order valence-electron chi connectivity index (χ4n) is 2.47. The molecule has 0 aliphatic heterocycles. The maximum absolute atomic E-state index is 12.3. The summed E-state index contributed by atoms with van der Waals surface area (Å²) in [7, 11) is 0. The largest absolute Gasteiger partial charge is 0.478 e. The molecule has 8 N–H and O–H groups in total. The zero-order valence-corrected chi connectivity index (χ0v) is 27.5. The van der Waals surface area contributed by atoms with Gasteiger partial charge >= 0.3 is 5.97 Å². The number of carbonyl (C=O) groups excluding carboxylic acids is 3. The number of ether oxygens (including phenoxy) is 1. The Kier molecular flexibility index (Phi) is 16.1. The molecule has 0 spiro atoms. The molecule has 0 aliphatic carbocycles. The maximum Gasteiger partial charge on any atom is 0.336 e. The highest BCUT2D eigenvalue weighted by molar-refractivity contribution is 9.10. The second kappa shape index (κ2) is 17.3. The summed E-state index contributed by atoms with van der Waals surface area (Å²) in [5.41, 5.74) is 4.01. The summed E-state index contributed by atoms with van der Waals surface area (Å²) < 4.78 is 5.47. The molecular formula is C28H39Br2N3O9. The number of halogens is 2. The summed E-state index contributed by atoms with van der Waals surface area (Å²) in [5.74, 6) is -1.65. The van der Waals surface area contributed by atoms with Crippen LogP contribution in [0.2, 0.25) is 0 Å². The number of carbonyl (C=O) groups is 4. The Morgan fingerprint density at radius 1 is 0.810 bits per heavy atom. The van der Waals surface area contributed by atoms with E-state index in [9.17, 15) is 29.4 Å². The summed E-state index contributed by atoms with van der Waals surface area (Å²) in [5, 5.41) is 40.8. The molecule has 14 heteroatoms. The van der Waals surface area contributed by atoms with E-state index in [1.807, 2.05) is 0 Å². The van der Waals surface area contributed by atoms with Crippen LogP contribution in [0.15, 0.2) is 45.3 Å². The molecule has 0 heterocycles. The number of aromatic carboxylic acids is 1. The lowest BCUT2D eigenvalue weighted by Gasteiger charge is -2.25. The molecule has 0 saturated heterocycles. The van der Waals surface area contributed by atoms with E-state index in [-0.39, 0.29) is 43.5 Å². The number of hydrogen-bond acceptors (Lipinski definition) is 9. The second-order valence-corrected chi connectivity index (χ2v) is 12.7. The van der Waals surface area contributed by atoms with E-state index in [2.05, 4.69) is 47.2 Å². The molecule has 0 aliphatic rings.